The van der Waals surface area contributed by atoms with Crippen molar-refractivity contribution >= 4 is 5.82 Å². The first-order valence-electron chi connectivity index (χ1n) is 8.58. The maximum atomic E-state index is 9.06. The fourth-order valence-corrected chi connectivity index (χ4v) is 2.68. The first kappa shape index (κ1) is 18.9. The molecule has 1 aromatic carbocycles. The number of aromatic nitrogens is 2. The normalized spacial score (nSPS) is 11.2. The lowest BCUT2D eigenvalue weighted by atomic mass is 9.95. The van der Waals surface area contributed by atoms with Gasteiger partial charge in [0.1, 0.15) is 11.9 Å². The number of nitrogens with zero attached hydrogens (tertiary/aromatic N) is 4. The fraction of sp³-hybridized carbons (Fsp3) is 0.450. The van der Waals surface area contributed by atoms with Gasteiger partial charge in [0.15, 0.2) is 0 Å². The van der Waals surface area contributed by atoms with E-state index in [1.807, 2.05) is 12.1 Å². The Morgan fingerprint density at radius 2 is 1.80 bits per heavy atom. The third-order valence-electron chi connectivity index (χ3n) is 3.75. The van der Waals surface area contributed by atoms with Gasteiger partial charge in [-0.1, -0.05) is 45.0 Å². The van der Waals surface area contributed by atoms with Gasteiger partial charge in [-0.05, 0) is 35.4 Å². The van der Waals surface area contributed by atoms with Crippen LogP contribution in [0.1, 0.15) is 44.1 Å². The summed E-state index contributed by atoms with van der Waals surface area (Å²) in [6, 6.07) is 12.3. The standard InChI is InChI=1S/C20H26N4O/c1-20(2,3)15-24(19-10-11-22-18(13-21)23-19)14-17-8-6-16(7-9-17)5-4-12-25/h6-11,25H,4-5,12,14-15H2,1-3H3. The topological polar surface area (TPSA) is 73.0 Å². The summed E-state index contributed by atoms with van der Waals surface area (Å²) in [7, 11) is 0. The first-order chi connectivity index (χ1) is 11.9. The Labute approximate surface area is 150 Å². The average Bonchev–Trinajstić information content (AvgIpc) is 2.59. The third kappa shape index (κ3) is 6.17. The number of hydrogen-bond acceptors (Lipinski definition) is 5. The molecule has 132 valence electrons. The number of aliphatic hydroxyl groups excluding tert-OH is 1. The number of nitriles is 1. The summed E-state index contributed by atoms with van der Waals surface area (Å²) in [6.45, 7) is 8.32. The largest absolute Gasteiger partial charge is 0.396 e. The van der Waals surface area contributed by atoms with Crippen LogP contribution in [0.2, 0.25) is 0 Å². The van der Waals surface area contributed by atoms with Crippen LogP contribution in [-0.4, -0.2) is 28.2 Å². The molecule has 5 heteroatoms. The van der Waals surface area contributed by atoms with Crippen LogP contribution in [0.5, 0.6) is 0 Å². The lowest BCUT2D eigenvalue weighted by Crippen LogP contribution is -2.33. The second-order valence-corrected chi connectivity index (χ2v) is 7.41. The van der Waals surface area contributed by atoms with Crippen LogP contribution in [-0.2, 0) is 13.0 Å². The molecule has 0 bridgehead atoms. The van der Waals surface area contributed by atoms with E-state index in [2.05, 4.69) is 59.9 Å². The molecule has 2 rings (SSSR count). The minimum Gasteiger partial charge on any atom is -0.396 e. The van der Waals surface area contributed by atoms with E-state index in [1.165, 1.54) is 11.1 Å². The number of aliphatic hydroxyl groups is 1. The van der Waals surface area contributed by atoms with Crippen molar-refractivity contribution in [2.75, 3.05) is 18.1 Å². The van der Waals surface area contributed by atoms with Crippen molar-refractivity contribution in [1.29, 1.82) is 5.26 Å². The van der Waals surface area contributed by atoms with E-state index >= 15 is 0 Å². The predicted octanol–water partition coefficient (Wildman–Crippen LogP) is 3.33. The third-order valence-corrected chi connectivity index (χ3v) is 3.75. The summed E-state index contributed by atoms with van der Waals surface area (Å²) in [4.78, 5) is 10.5. The van der Waals surface area contributed by atoms with Gasteiger partial charge >= 0.3 is 0 Å². The molecule has 1 N–H and O–H groups in total. The Balaban J connectivity index is 2.19. The van der Waals surface area contributed by atoms with Crippen molar-refractivity contribution in [2.24, 2.45) is 5.41 Å². The highest BCUT2D eigenvalue weighted by Gasteiger charge is 2.18. The molecule has 0 atom stereocenters. The van der Waals surface area contributed by atoms with Gasteiger partial charge in [-0.3, -0.25) is 0 Å². The van der Waals surface area contributed by atoms with Gasteiger partial charge in [0, 0.05) is 25.9 Å². The molecule has 25 heavy (non-hydrogen) atoms. The van der Waals surface area contributed by atoms with Crippen molar-refractivity contribution in [3.8, 4) is 6.07 Å². The number of rotatable bonds is 7. The van der Waals surface area contributed by atoms with Crippen LogP contribution in [0.3, 0.4) is 0 Å². The van der Waals surface area contributed by atoms with Gasteiger partial charge in [0.2, 0.25) is 5.82 Å². The second-order valence-electron chi connectivity index (χ2n) is 7.41. The molecule has 1 aromatic heterocycles. The van der Waals surface area contributed by atoms with Crippen LogP contribution in [0, 0.1) is 16.7 Å². The summed E-state index contributed by atoms with van der Waals surface area (Å²) in [5.41, 5.74) is 2.52. The molecule has 0 saturated heterocycles. The highest BCUT2D eigenvalue weighted by molar-refractivity contribution is 5.41. The Bertz CT molecular complexity index is 714. The van der Waals surface area contributed by atoms with Crippen LogP contribution < -0.4 is 4.90 Å². The highest BCUT2D eigenvalue weighted by Crippen LogP contribution is 2.22. The quantitative estimate of drug-likeness (QED) is 0.838. The molecule has 5 nitrogen and oxygen atoms in total. The van der Waals surface area contributed by atoms with E-state index in [1.54, 1.807) is 6.20 Å². The lowest BCUT2D eigenvalue weighted by Gasteiger charge is -2.31. The SMILES string of the molecule is CC(C)(C)CN(Cc1ccc(CCCO)cc1)c1ccnc(C#N)n1. The molecule has 0 radical (unpaired) electrons. The Morgan fingerprint density at radius 1 is 1.12 bits per heavy atom. The average molecular weight is 338 g/mol. The minimum absolute atomic E-state index is 0.0961. The summed E-state index contributed by atoms with van der Waals surface area (Å²) >= 11 is 0. The molecule has 0 fully saturated rings. The van der Waals surface area contributed by atoms with Gasteiger partial charge in [0.25, 0.3) is 0 Å². The molecule has 0 amide bonds. The summed E-state index contributed by atoms with van der Waals surface area (Å²) in [6.07, 6.45) is 3.31. The van der Waals surface area contributed by atoms with E-state index in [9.17, 15) is 0 Å². The number of benzene rings is 1. The molecule has 0 unspecified atom stereocenters. The van der Waals surface area contributed by atoms with E-state index < -0.39 is 0 Å². The molecule has 0 aliphatic rings. The Morgan fingerprint density at radius 3 is 2.40 bits per heavy atom. The monoisotopic (exact) mass is 338 g/mol. The van der Waals surface area contributed by atoms with Gasteiger partial charge in [-0.15, -0.1) is 0 Å². The molecule has 0 aliphatic carbocycles. The second kappa shape index (κ2) is 8.59. The maximum Gasteiger partial charge on any atom is 0.234 e. The van der Waals surface area contributed by atoms with Crippen molar-refractivity contribution in [2.45, 2.75) is 40.2 Å². The molecule has 2 aromatic rings. The molecule has 1 heterocycles. The highest BCUT2D eigenvalue weighted by atomic mass is 16.2. The number of anilines is 1. The van der Waals surface area contributed by atoms with Crippen molar-refractivity contribution in [3.63, 3.8) is 0 Å². The van der Waals surface area contributed by atoms with Crippen molar-refractivity contribution in [1.82, 2.24) is 9.97 Å². The Hall–Kier alpha value is -2.45. The molecular formula is C20H26N4O. The zero-order valence-corrected chi connectivity index (χ0v) is 15.2. The van der Waals surface area contributed by atoms with Crippen LogP contribution in [0.25, 0.3) is 0 Å². The van der Waals surface area contributed by atoms with Gasteiger partial charge in [-0.2, -0.15) is 5.26 Å². The Kier molecular flexibility index (Phi) is 6.49. The minimum atomic E-state index is 0.0961. The van der Waals surface area contributed by atoms with Gasteiger partial charge in [0.05, 0.1) is 0 Å². The molecule has 0 spiro atoms. The maximum absolute atomic E-state index is 9.06. The number of aryl methyl sites for hydroxylation is 1. The molecular weight excluding hydrogens is 312 g/mol. The first-order valence-corrected chi connectivity index (χ1v) is 8.58. The van der Waals surface area contributed by atoms with Crippen molar-refractivity contribution < 1.29 is 5.11 Å². The number of hydrogen-bond donors (Lipinski definition) is 1. The molecule has 0 saturated carbocycles. The van der Waals surface area contributed by atoms with Gasteiger partial charge in [-0.25, -0.2) is 9.97 Å². The molecule has 0 aliphatic heterocycles. The zero-order chi connectivity index (χ0) is 18.3. The van der Waals surface area contributed by atoms with Crippen LogP contribution >= 0.6 is 0 Å². The van der Waals surface area contributed by atoms with Crippen LogP contribution in [0.4, 0.5) is 5.82 Å². The van der Waals surface area contributed by atoms with E-state index in [0.29, 0.717) is 0 Å². The smallest absolute Gasteiger partial charge is 0.234 e. The van der Waals surface area contributed by atoms with E-state index in [-0.39, 0.29) is 17.8 Å². The van der Waals surface area contributed by atoms with E-state index in [4.69, 9.17) is 10.4 Å². The summed E-state index contributed by atoms with van der Waals surface area (Å²) in [5.74, 6) is 0.960. The van der Waals surface area contributed by atoms with Gasteiger partial charge < -0.3 is 10.0 Å². The van der Waals surface area contributed by atoms with Crippen LogP contribution in [0.15, 0.2) is 36.5 Å². The fourth-order valence-electron chi connectivity index (χ4n) is 2.68. The van der Waals surface area contributed by atoms with Crippen molar-refractivity contribution in [3.05, 3.63) is 53.5 Å². The summed E-state index contributed by atoms with van der Waals surface area (Å²) < 4.78 is 0. The predicted molar refractivity (Wildman–Crippen MR) is 99.1 cm³/mol. The zero-order valence-electron chi connectivity index (χ0n) is 15.2. The summed E-state index contributed by atoms with van der Waals surface area (Å²) in [5, 5.41) is 18.0. The van der Waals surface area contributed by atoms with E-state index in [0.717, 1.165) is 31.7 Å². The lowest BCUT2D eigenvalue weighted by molar-refractivity contribution is 0.288.